The second-order valence-corrected chi connectivity index (χ2v) is 8.39. The normalized spacial score (nSPS) is 23.1. The number of anilines is 1. The smallest absolute Gasteiger partial charge is 0.224 e. The van der Waals surface area contributed by atoms with Crippen molar-refractivity contribution in [1.29, 1.82) is 0 Å². The number of fused-ring (bicyclic) bond motifs is 1. The van der Waals surface area contributed by atoms with Gasteiger partial charge >= 0.3 is 0 Å². The summed E-state index contributed by atoms with van der Waals surface area (Å²) in [6, 6.07) is 6.40. The molecule has 0 bridgehead atoms. The number of aliphatic hydroxyl groups is 1. The minimum atomic E-state index is -0.420. The van der Waals surface area contributed by atoms with E-state index in [1.54, 1.807) is 6.33 Å². The van der Waals surface area contributed by atoms with E-state index in [-0.39, 0.29) is 0 Å². The van der Waals surface area contributed by atoms with Crippen LogP contribution in [0.3, 0.4) is 0 Å². The van der Waals surface area contributed by atoms with Crippen molar-refractivity contribution in [3.05, 3.63) is 24.5 Å². The summed E-state index contributed by atoms with van der Waals surface area (Å²) in [7, 11) is 0. The Bertz CT molecular complexity index is 811. The number of ether oxygens (including phenoxy) is 1. The Morgan fingerprint density at radius 1 is 1.07 bits per heavy atom. The van der Waals surface area contributed by atoms with Gasteiger partial charge in [0.25, 0.3) is 0 Å². The molecule has 1 aliphatic heterocycles. The molecule has 0 spiro atoms. The first-order valence-electron chi connectivity index (χ1n) is 10.3. The predicted octanol–water partition coefficient (Wildman–Crippen LogP) is 2.60. The van der Waals surface area contributed by atoms with Crippen LogP contribution >= 0.6 is 0 Å². The van der Waals surface area contributed by atoms with Crippen LogP contribution in [0.4, 0.5) is 5.69 Å². The Balaban J connectivity index is 1.29. The van der Waals surface area contributed by atoms with E-state index in [0.29, 0.717) is 6.10 Å². The maximum Gasteiger partial charge on any atom is 0.224 e. The van der Waals surface area contributed by atoms with Crippen molar-refractivity contribution < 1.29 is 9.84 Å². The molecule has 3 aliphatic rings. The van der Waals surface area contributed by atoms with Gasteiger partial charge in [-0.3, -0.25) is 4.90 Å². The van der Waals surface area contributed by atoms with Crippen molar-refractivity contribution >= 4 is 16.6 Å². The van der Waals surface area contributed by atoms with Gasteiger partial charge in [0.2, 0.25) is 5.88 Å². The van der Waals surface area contributed by atoms with E-state index in [9.17, 15) is 5.11 Å². The molecule has 0 unspecified atom stereocenters. The lowest BCUT2D eigenvalue weighted by atomic mass is 9.80. The van der Waals surface area contributed by atoms with Crippen molar-refractivity contribution in [2.45, 2.75) is 50.2 Å². The summed E-state index contributed by atoms with van der Waals surface area (Å²) in [5.74, 6) is 0.720. The number of rotatable bonds is 5. The predicted molar refractivity (Wildman–Crippen MR) is 105 cm³/mol. The fraction of sp³-hybridized carbons (Fsp3) is 0.619. The number of aromatic nitrogens is 2. The Kier molecular flexibility index (Phi) is 4.40. The highest BCUT2D eigenvalue weighted by atomic mass is 16.5. The Labute approximate surface area is 160 Å². The Morgan fingerprint density at radius 3 is 2.56 bits per heavy atom. The summed E-state index contributed by atoms with van der Waals surface area (Å²) < 4.78 is 6.09. The Morgan fingerprint density at radius 2 is 1.89 bits per heavy atom. The monoisotopic (exact) mass is 368 g/mol. The first-order valence-corrected chi connectivity index (χ1v) is 10.3. The van der Waals surface area contributed by atoms with Crippen molar-refractivity contribution in [3.63, 3.8) is 0 Å². The van der Waals surface area contributed by atoms with Crippen molar-refractivity contribution in [1.82, 2.24) is 14.9 Å². The minimum absolute atomic E-state index is 0.313. The molecule has 0 radical (unpaired) electrons. The molecule has 5 rings (SSSR count). The number of benzene rings is 1. The van der Waals surface area contributed by atoms with Crippen molar-refractivity contribution in [2.24, 2.45) is 0 Å². The van der Waals surface area contributed by atoms with Crippen LogP contribution in [-0.2, 0) is 0 Å². The second-order valence-electron chi connectivity index (χ2n) is 8.39. The molecule has 0 atom stereocenters. The molecule has 2 saturated carbocycles. The molecular formula is C21H28N4O2. The molecule has 1 aromatic heterocycles. The van der Waals surface area contributed by atoms with Gasteiger partial charge in [-0.25, -0.2) is 9.97 Å². The number of nitrogens with zero attached hydrogens (tertiary/aromatic N) is 4. The van der Waals surface area contributed by atoms with Crippen LogP contribution in [0, 0.1) is 0 Å². The molecule has 144 valence electrons. The summed E-state index contributed by atoms with van der Waals surface area (Å²) in [5.41, 5.74) is 1.72. The van der Waals surface area contributed by atoms with Gasteiger partial charge in [-0.2, -0.15) is 0 Å². The molecular weight excluding hydrogens is 340 g/mol. The average molecular weight is 368 g/mol. The fourth-order valence-electron chi connectivity index (χ4n) is 4.28. The van der Waals surface area contributed by atoms with Crippen LogP contribution in [0.1, 0.15) is 38.5 Å². The topological polar surface area (TPSA) is 61.7 Å². The highest BCUT2D eigenvalue weighted by molar-refractivity contribution is 5.86. The largest absolute Gasteiger partial charge is 0.474 e. The van der Waals surface area contributed by atoms with Gasteiger partial charge in [0.05, 0.1) is 16.5 Å². The van der Waals surface area contributed by atoms with Gasteiger partial charge < -0.3 is 14.7 Å². The van der Waals surface area contributed by atoms with Gasteiger partial charge in [0.1, 0.15) is 12.4 Å². The van der Waals surface area contributed by atoms with E-state index >= 15 is 0 Å². The van der Waals surface area contributed by atoms with Crippen molar-refractivity contribution in [3.8, 4) is 5.88 Å². The Hall–Kier alpha value is -1.92. The van der Waals surface area contributed by atoms with Gasteiger partial charge in [-0.15, -0.1) is 0 Å². The maximum absolute atomic E-state index is 10.4. The summed E-state index contributed by atoms with van der Waals surface area (Å²) >= 11 is 0. The number of hydrogen-bond acceptors (Lipinski definition) is 6. The van der Waals surface area contributed by atoms with Gasteiger partial charge in [-0.1, -0.05) is 0 Å². The molecule has 6 nitrogen and oxygen atoms in total. The lowest BCUT2D eigenvalue weighted by molar-refractivity contribution is -0.0594. The summed E-state index contributed by atoms with van der Waals surface area (Å²) in [6.45, 7) is 4.78. The van der Waals surface area contributed by atoms with E-state index in [2.05, 4.69) is 38.0 Å². The van der Waals surface area contributed by atoms with Gasteiger partial charge in [-0.05, 0) is 56.7 Å². The van der Waals surface area contributed by atoms with Crippen LogP contribution in [0.25, 0.3) is 10.9 Å². The number of β-amino-alcohol motifs (C(OH)–C–C–N with tert-alkyl or cyclic N) is 1. The SMILES string of the molecule is OC1(CN2CCN(c3ccc4ncnc(OC5CCC5)c4c3)CC2)CCC1. The molecule has 27 heavy (non-hydrogen) atoms. The van der Waals surface area contributed by atoms with E-state index in [0.717, 1.165) is 75.2 Å². The van der Waals surface area contributed by atoms with Crippen LogP contribution in [0.5, 0.6) is 5.88 Å². The molecule has 6 heteroatoms. The van der Waals surface area contributed by atoms with E-state index in [4.69, 9.17) is 4.74 Å². The fourth-order valence-corrected chi connectivity index (χ4v) is 4.28. The standard InChI is InChI=1S/C21H28N4O2/c26-21(7-2-8-21)14-24-9-11-25(12-10-24)16-5-6-19-18(13-16)20(23-15-22-19)27-17-3-1-4-17/h5-6,13,15,17,26H,1-4,7-12,14H2. The number of piperazine rings is 1. The minimum Gasteiger partial charge on any atom is -0.474 e. The summed E-state index contributed by atoms with van der Waals surface area (Å²) in [5, 5.41) is 11.4. The lowest BCUT2D eigenvalue weighted by Gasteiger charge is -2.44. The van der Waals surface area contributed by atoms with E-state index in [1.165, 1.54) is 18.5 Å². The molecule has 1 saturated heterocycles. The molecule has 0 amide bonds. The summed E-state index contributed by atoms with van der Waals surface area (Å²) in [4.78, 5) is 13.6. The summed E-state index contributed by atoms with van der Waals surface area (Å²) in [6.07, 6.45) is 8.49. The highest BCUT2D eigenvalue weighted by Gasteiger charge is 2.36. The third kappa shape index (κ3) is 3.48. The van der Waals surface area contributed by atoms with Crippen LogP contribution in [-0.4, -0.2) is 64.4 Å². The molecule has 2 aromatic rings. The molecule has 2 heterocycles. The first kappa shape index (κ1) is 17.2. The van der Waals surface area contributed by atoms with Crippen LogP contribution < -0.4 is 9.64 Å². The second kappa shape index (κ2) is 6.91. The van der Waals surface area contributed by atoms with Gasteiger partial charge in [0, 0.05) is 38.4 Å². The lowest BCUT2D eigenvalue weighted by Crippen LogP contribution is -2.54. The third-order valence-corrected chi connectivity index (χ3v) is 6.45. The van der Waals surface area contributed by atoms with Crippen molar-refractivity contribution in [2.75, 3.05) is 37.6 Å². The zero-order valence-electron chi connectivity index (χ0n) is 15.8. The van der Waals surface area contributed by atoms with E-state index in [1.807, 2.05) is 0 Å². The van der Waals surface area contributed by atoms with Crippen LogP contribution in [0.2, 0.25) is 0 Å². The van der Waals surface area contributed by atoms with Crippen LogP contribution in [0.15, 0.2) is 24.5 Å². The zero-order valence-corrected chi connectivity index (χ0v) is 15.8. The first-order chi connectivity index (χ1) is 13.2. The molecule has 2 aliphatic carbocycles. The highest BCUT2D eigenvalue weighted by Crippen LogP contribution is 2.33. The third-order valence-electron chi connectivity index (χ3n) is 6.45. The molecule has 1 aromatic carbocycles. The maximum atomic E-state index is 10.4. The average Bonchev–Trinajstić information content (AvgIpc) is 2.64. The zero-order chi connectivity index (χ0) is 18.3. The molecule has 3 fully saturated rings. The van der Waals surface area contributed by atoms with Gasteiger partial charge in [0.15, 0.2) is 0 Å². The molecule has 1 N–H and O–H groups in total. The quantitative estimate of drug-likeness (QED) is 0.875. The van der Waals surface area contributed by atoms with E-state index < -0.39 is 5.60 Å². The number of hydrogen-bond donors (Lipinski definition) is 1.